The van der Waals surface area contributed by atoms with Gasteiger partial charge in [-0.2, -0.15) is 4.36 Å². The zero-order valence-electron chi connectivity index (χ0n) is 16.0. The van der Waals surface area contributed by atoms with Crippen LogP contribution >= 0.6 is 0 Å². The number of hydrogen-bond acceptors (Lipinski definition) is 6. The van der Waals surface area contributed by atoms with Crippen LogP contribution in [-0.2, 0) is 33.7 Å². The van der Waals surface area contributed by atoms with Crippen LogP contribution in [0.15, 0.2) is 4.36 Å². The molecule has 2 heterocycles. The molecule has 0 spiro atoms. The van der Waals surface area contributed by atoms with E-state index >= 15 is 0 Å². The Morgan fingerprint density at radius 3 is 2.00 bits per heavy atom. The quantitative estimate of drug-likeness (QED) is 0.525. The van der Waals surface area contributed by atoms with Crippen molar-refractivity contribution in [2.45, 2.75) is 53.4 Å². The van der Waals surface area contributed by atoms with Crippen LogP contribution in [0.4, 0.5) is 0 Å². The summed E-state index contributed by atoms with van der Waals surface area (Å²) in [6.07, 6.45) is -0.682. The molecule has 0 aromatic carbocycles. The second-order valence-corrected chi connectivity index (χ2v) is 10.4. The molecule has 0 N–H and O–H groups in total. The predicted octanol–water partition coefficient (Wildman–Crippen LogP) is 1.44. The van der Waals surface area contributed by atoms with Gasteiger partial charge in [0, 0.05) is 41.6 Å². The van der Waals surface area contributed by atoms with Crippen LogP contribution in [0.3, 0.4) is 0 Å². The van der Waals surface area contributed by atoms with E-state index in [0.717, 1.165) is 0 Å². The van der Waals surface area contributed by atoms with Crippen molar-refractivity contribution in [1.82, 2.24) is 5.06 Å². The second kappa shape index (κ2) is 7.43. The maximum atomic E-state index is 13.2. The molecule has 0 radical (unpaired) electrons. The Kier molecular flexibility index (Phi) is 5.80. The minimum atomic E-state index is -2.85. The van der Waals surface area contributed by atoms with E-state index in [4.69, 9.17) is 4.84 Å². The summed E-state index contributed by atoms with van der Waals surface area (Å²) in [4.78, 5) is 51.5. The van der Waals surface area contributed by atoms with Gasteiger partial charge in [-0.1, -0.05) is 11.8 Å². The maximum absolute atomic E-state index is 13.2. The number of hydrogen-bond donors (Lipinski definition) is 0. The molecule has 0 aromatic rings. The van der Waals surface area contributed by atoms with E-state index in [2.05, 4.69) is 16.2 Å². The highest BCUT2D eigenvalue weighted by atomic mass is 32.2. The molecule has 0 saturated carbocycles. The van der Waals surface area contributed by atoms with Gasteiger partial charge in [0.25, 0.3) is 17.7 Å². The van der Waals surface area contributed by atoms with Crippen molar-refractivity contribution >= 4 is 33.4 Å². The van der Waals surface area contributed by atoms with Crippen LogP contribution < -0.4 is 0 Å². The number of nitrogens with zero attached hydrogens (tertiary/aromatic N) is 2. The first-order chi connectivity index (χ1) is 12.3. The zero-order valence-corrected chi connectivity index (χ0v) is 16.8. The molecule has 27 heavy (non-hydrogen) atoms. The number of hydroxylamine groups is 2. The van der Waals surface area contributed by atoms with Gasteiger partial charge in [-0.15, -0.1) is 5.06 Å². The smallest absolute Gasteiger partial charge is 0.330 e. The molecule has 8 nitrogen and oxygen atoms in total. The number of imide groups is 1. The van der Waals surface area contributed by atoms with Gasteiger partial charge in [0.2, 0.25) is 0 Å². The van der Waals surface area contributed by atoms with E-state index in [0.29, 0.717) is 5.06 Å². The van der Waals surface area contributed by atoms with Crippen molar-refractivity contribution in [3.63, 3.8) is 0 Å². The Bertz CT molecular complexity index is 824. The van der Waals surface area contributed by atoms with Gasteiger partial charge in [-0.05, 0) is 27.7 Å². The molecular formula is C18H24N2O6S. The largest absolute Gasteiger partial charge is 0.333 e. The van der Waals surface area contributed by atoms with Crippen molar-refractivity contribution in [2.24, 2.45) is 15.2 Å². The molecule has 0 bridgehead atoms. The minimum absolute atomic E-state index is 0.00389. The number of carbonyl (C=O) groups is 4. The third-order valence-corrected chi connectivity index (χ3v) is 6.80. The van der Waals surface area contributed by atoms with Crippen LogP contribution in [-0.4, -0.2) is 44.5 Å². The molecular weight excluding hydrogens is 372 g/mol. The number of carbonyl (C=O) groups excluding carboxylic acids is 4. The maximum Gasteiger partial charge on any atom is 0.333 e. The molecule has 0 aromatic heterocycles. The molecule has 148 valence electrons. The van der Waals surface area contributed by atoms with Crippen LogP contribution in [0.5, 0.6) is 0 Å². The van der Waals surface area contributed by atoms with E-state index in [1.54, 1.807) is 0 Å². The van der Waals surface area contributed by atoms with Gasteiger partial charge in [0.15, 0.2) is 0 Å². The number of rotatable bonds is 4. The van der Waals surface area contributed by atoms with E-state index in [-0.39, 0.29) is 37.2 Å². The lowest BCUT2D eigenvalue weighted by molar-refractivity contribution is -0.197. The van der Waals surface area contributed by atoms with Gasteiger partial charge >= 0.3 is 5.97 Å². The summed E-state index contributed by atoms with van der Waals surface area (Å²) in [5.41, 5.74) is -1.08. The topological polar surface area (TPSA) is 110 Å². The van der Waals surface area contributed by atoms with E-state index in [1.165, 1.54) is 0 Å². The van der Waals surface area contributed by atoms with Crippen molar-refractivity contribution in [1.29, 1.82) is 0 Å². The molecule has 2 rings (SSSR count). The third kappa shape index (κ3) is 5.89. The van der Waals surface area contributed by atoms with Gasteiger partial charge in [0.1, 0.15) is 0 Å². The Balaban J connectivity index is 2.01. The molecule has 2 aliphatic rings. The lowest BCUT2D eigenvalue weighted by atomic mass is 9.92. The van der Waals surface area contributed by atoms with Crippen molar-refractivity contribution in [3.05, 3.63) is 0 Å². The Hall–Kier alpha value is -2.21. The highest BCUT2D eigenvalue weighted by Gasteiger charge is 2.34. The fourth-order valence-corrected chi connectivity index (χ4v) is 5.99. The fourth-order valence-electron chi connectivity index (χ4n) is 2.90. The summed E-state index contributed by atoms with van der Waals surface area (Å²) in [7, 11) is -2.85. The van der Waals surface area contributed by atoms with Crippen LogP contribution in [0.1, 0.15) is 53.4 Å². The summed E-state index contributed by atoms with van der Waals surface area (Å²) >= 11 is 0. The van der Waals surface area contributed by atoms with Crippen molar-refractivity contribution < 1.29 is 28.2 Å². The summed E-state index contributed by atoms with van der Waals surface area (Å²) in [5.74, 6) is 3.79. The Morgan fingerprint density at radius 2 is 1.52 bits per heavy atom. The summed E-state index contributed by atoms with van der Waals surface area (Å²) in [6.45, 7) is 7.40. The molecule has 9 heteroatoms. The molecule has 3 amide bonds. The van der Waals surface area contributed by atoms with Crippen LogP contribution in [0.2, 0.25) is 0 Å². The first-order valence-corrected chi connectivity index (χ1v) is 10.5. The third-order valence-electron chi connectivity index (χ3n) is 3.92. The van der Waals surface area contributed by atoms with Gasteiger partial charge in [-0.25, -0.2) is 9.00 Å². The zero-order chi connectivity index (χ0) is 20.5. The van der Waals surface area contributed by atoms with Crippen LogP contribution in [0.25, 0.3) is 0 Å². The van der Waals surface area contributed by atoms with Gasteiger partial charge < -0.3 is 4.84 Å². The lowest BCUT2D eigenvalue weighted by Crippen LogP contribution is -2.32. The average Bonchev–Trinajstić information content (AvgIpc) is 2.77. The highest BCUT2D eigenvalue weighted by molar-refractivity contribution is 7.94. The average molecular weight is 396 g/mol. The summed E-state index contributed by atoms with van der Waals surface area (Å²) < 4.78 is 17.1. The van der Waals surface area contributed by atoms with Crippen LogP contribution in [0, 0.1) is 22.7 Å². The predicted molar refractivity (Wildman–Crippen MR) is 97.1 cm³/mol. The normalized spacial score (nSPS) is 22.4. The molecule has 0 atom stereocenters. The van der Waals surface area contributed by atoms with Gasteiger partial charge in [0.05, 0.1) is 16.1 Å². The molecule has 0 aliphatic carbocycles. The van der Waals surface area contributed by atoms with Crippen molar-refractivity contribution in [2.75, 3.05) is 11.5 Å². The van der Waals surface area contributed by atoms with E-state index < -0.39 is 44.2 Å². The standard InChI is InChI=1S/C18H24N2O6S/c1-17(2)9-10-18(3,4)12-27(25,11-17)19-13(21)5-8-16(24)26-20-14(22)6-7-15(20)23/h5-8,11-12H2,1-4H3. The van der Waals surface area contributed by atoms with E-state index in [9.17, 15) is 23.4 Å². The Morgan fingerprint density at radius 1 is 1.04 bits per heavy atom. The summed E-state index contributed by atoms with van der Waals surface area (Å²) in [5, 5.41) is 0.429. The van der Waals surface area contributed by atoms with Gasteiger partial charge in [-0.3, -0.25) is 14.4 Å². The number of amides is 3. The first kappa shape index (κ1) is 21.1. The van der Waals surface area contributed by atoms with Crippen molar-refractivity contribution in [3.8, 4) is 11.8 Å². The summed E-state index contributed by atoms with van der Waals surface area (Å²) in [6, 6.07) is 0. The first-order valence-electron chi connectivity index (χ1n) is 8.67. The highest BCUT2D eigenvalue weighted by Crippen LogP contribution is 2.29. The molecule has 1 fully saturated rings. The second-order valence-electron chi connectivity index (χ2n) is 8.11. The minimum Gasteiger partial charge on any atom is -0.330 e. The fraction of sp³-hybridized carbons (Fsp3) is 0.667. The monoisotopic (exact) mass is 396 g/mol. The molecule has 0 unspecified atom stereocenters. The lowest BCUT2D eigenvalue weighted by Gasteiger charge is -2.21. The molecule has 2 aliphatic heterocycles. The van der Waals surface area contributed by atoms with E-state index in [1.807, 2.05) is 27.7 Å². The molecule has 1 saturated heterocycles. The Labute approximate surface area is 159 Å². The SMILES string of the molecule is CC1(C)C#CC(C)(C)CS(=O)(=NC(=O)CCC(=O)ON2C(=O)CCC2=O)C1.